The zero-order valence-corrected chi connectivity index (χ0v) is 57.3. The highest BCUT2D eigenvalue weighted by Gasteiger charge is 2.51. The number of aliphatic hydroxyl groups excluding tert-OH is 8. The number of rotatable bonds is 65. The van der Waals surface area contributed by atoms with Crippen molar-refractivity contribution in [2.24, 2.45) is 0 Å². The van der Waals surface area contributed by atoms with E-state index in [1.54, 1.807) is 0 Å². The van der Waals surface area contributed by atoms with Gasteiger partial charge in [0.1, 0.15) is 48.8 Å². The Morgan fingerprint density at radius 2 is 0.648 bits per heavy atom. The standard InChI is InChI=1S/C74H145NO13/c1-3-5-7-9-11-13-15-17-19-21-23-25-27-29-30-31-32-34-35-37-39-41-43-45-47-49-51-53-55-57-63(78)62(61-85-73-71(84)69(82)72(65(60-77)87-73)88-74-70(83)68(81)67(80)64(59-76)86-74)75-66(79)58-56-54-52-50-48-46-44-42-40-38-36-33-28-26-24-22-20-18-16-14-12-10-8-6-4-2/h62-65,67-74,76-78,80-84H,3-61H2,1-2H3,(H,75,79). The molecule has 0 aromatic heterocycles. The lowest BCUT2D eigenvalue weighted by molar-refractivity contribution is -0.359. The first-order valence-corrected chi connectivity index (χ1v) is 38.3. The van der Waals surface area contributed by atoms with E-state index in [1.165, 1.54) is 295 Å². The number of ether oxygens (including phenoxy) is 4. The summed E-state index contributed by atoms with van der Waals surface area (Å²) in [5.41, 5.74) is 0. The normalized spacial score (nSPS) is 23.0. The number of unbranched alkanes of at least 4 members (excludes halogenated alkanes) is 52. The summed E-state index contributed by atoms with van der Waals surface area (Å²) < 4.78 is 23.0. The van der Waals surface area contributed by atoms with Crippen LogP contribution in [0.25, 0.3) is 0 Å². The zero-order valence-electron chi connectivity index (χ0n) is 57.3. The fourth-order valence-electron chi connectivity index (χ4n) is 13.2. The predicted octanol–water partition coefficient (Wildman–Crippen LogP) is 16.4. The summed E-state index contributed by atoms with van der Waals surface area (Å²) in [7, 11) is 0. The van der Waals surface area contributed by atoms with Gasteiger partial charge in [0.25, 0.3) is 0 Å². The number of amides is 1. The SMILES string of the molecule is CCCCCCCCCCCCCCCCCCCCCCCCCCCCCCCC(O)C(COC1OC(CO)C(OC2OC(CO)C(O)C(O)C2O)C(O)C1O)NC(=O)CCCCCCCCCCCCCCCCCCCCCCCCCCC. The maximum absolute atomic E-state index is 13.4. The van der Waals surface area contributed by atoms with Crippen LogP contribution in [-0.2, 0) is 23.7 Å². The topological polar surface area (TPSA) is 228 Å². The Balaban J connectivity index is 1.63. The molecule has 88 heavy (non-hydrogen) atoms. The molecular weight excluding hydrogens is 1110 g/mol. The molecule has 0 aromatic carbocycles. The highest BCUT2D eigenvalue weighted by Crippen LogP contribution is 2.30. The third-order valence-electron chi connectivity index (χ3n) is 19.3. The lowest BCUT2D eigenvalue weighted by Crippen LogP contribution is -2.65. The first-order valence-electron chi connectivity index (χ1n) is 38.3. The number of carbonyl (C=O) groups excluding carboxylic acids is 1. The van der Waals surface area contributed by atoms with Crippen LogP contribution in [0.5, 0.6) is 0 Å². The van der Waals surface area contributed by atoms with Gasteiger partial charge in [-0.05, 0) is 12.8 Å². The van der Waals surface area contributed by atoms with Crippen LogP contribution < -0.4 is 5.32 Å². The molecule has 2 aliphatic heterocycles. The van der Waals surface area contributed by atoms with Crippen molar-refractivity contribution in [3.05, 3.63) is 0 Å². The smallest absolute Gasteiger partial charge is 0.220 e. The lowest BCUT2D eigenvalue weighted by atomic mass is 9.97. The Bertz CT molecular complexity index is 1480. The second kappa shape index (κ2) is 59.7. The number of carbonyl (C=O) groups is 1. The number of nitrogens with one attached hydrogen (secondary N) is 1. The van der Waals surface area contributed by atoms with E-state index >= 15 is 0 Å². The summed E-state index contributed by atoms with van der Waals surface area (Å²) in [6, 6.07) is -0.825. The van der Waals surface area contributed by atoms with Crippen molar-refractivity contribution in [3.8, 4) is 0 Å². The fraction of sp³-hybridized carbons (Fsp3) is 0.986. The van der Waals surface area contributed by atoms with Crippen molar-refractivity contribution < 1.29 is 64.6 Å². The predicted molar refractivity (Wildman–Crippen MR) is 360 cm³/mol. The van der Waals surface area contributed by atoms with Crippen LogP contribution in [0.1, 0.15) is 373 Å². The van der Waals surface area contributed by atoms with Gasteiger partial charge in [-0.25, -0.2) is 0 Å². The Kier molecular flexibility index (Phi) is 56.4. The van der Waals surface area contributed by atoms with E-state index < -0.39 is 86.8 Å². The van der Waals surface area contributed by atoms with Gasteiger partial charge in [-0.1, -0.05) is 354 Å². The molecule has 0 aromatic rings. The molecule has 2 rings (SSSR count). The van der Waals surface area contributed by atoms with Gasteiger partial charge >= 0.3 is 0 Å². The molecule has 1 amide bonds. The van der Waals surface area contributed by atoms with Crippen molar-refractivity contribution >= 4 is 5.91 Å². The minimum atomic E-state index is -1.78. The van der Waals surface area contributed by atoms with Crippen LogP contribution in [0.4, 0.5) is 0 Å². The van der Waals surface area contributed by atoms with Crippen molar-refractivity contribution in [1.29, 1.82) is 0 Å². The first kappa shape index (κ1) is 83.1. The number of hydrogen-bond donors (Lipinski definition) is 9. The molecular formula is C74H145NO13. The van der Waals surface area contributed by atoms with Crippen molar-refractivity contribution in [2.75, 3.05) is 19.8 Å². The lowest BCUT2D eigenvalue weighted by Gasteiger charge is -2.46. The van der Waals surface area contributed by atoms with Crippen molar-refractivity contribution in [1.82, 2.24) is 5.32 Å². The summed E-state index contributed by atoms with van der Waals surface area (Å²) in [5.74, 6) is -0.196. The van der Waals surface area contributed by atoms with Crippen LogP contribution in [0, 0.1) is 0 Å². The van der Waals surface area contributed by atoms with Crippen molar-refractivity contribution in [3.63, 3.8) is 0 Å². The van der Waals surface area contributed by atoms with Gasteiger partial charge in [0.05, 0.1) is 32.0 Å². The highest BCUT2D eigenvalue weighted by molar-refractivity contribution is 5.76. The van der Waals surface area contributed by atoms with E-state index in [1.807, 2.05) is 0 Å². The van der Waals surface area contributed by atoms with Gasteiger partial charge in [0.2, 0.25) is 5.91 Å². The summed E-state index contributed by atoms with van der Waals surface area (Å²) >= 11 is 0. The summed E-state index contributed by atoms with van der Waals surface area (Å²) in [6.07, 6.45) is 55.6. The van der Waals surface area contributed by atoms with Crippen molar-refractivity contribution in [2.45, 2.75) is 447 Å². The Labute approximate surface area is 540 Å². The van der Waals surface area contributed by atoms with Crippen LogP contribution in [0.2, 0.25) is 0 Å². The second-order valence-electron chi connectivity index (χ2n) is 27.5. The molecule has 0 saturated carbocycles. The van der Waals surface area contributed by atoms with Gasteiger partial charge in [-0.2, -0.15) is 0 Å². The molecule has 0 spiro atoms. The molecule has 9 N–H and O–H groups in total. The van der Waals surface area contributed by atoms with Crippen LogP contribution in [-0.4, -0.2) is 140 Å². The monoisotopic (exact) mass is 1260 g/mol. The quantitative estimate of drug-likeness (QED) is 0.0259. The highest BCUT2D eigenvalue weighted by atomic mass is 16.7. The maximum atomic E-state index is 13.4. The number of aliphatic hydroxyl groups is 8. The van der Waals surface area contributed by atoms with E-state index in [9.17, 15) is 45.6 Å². The van der Waals surface area contributed by atoms with Crippen LogP contribution in [0.3, 0.4) is 0 Å². The third kappa shape index (κ3) is 43.1. The van der Waals surface area contributed by atoms with Gasteiger partial charge in [-0.3, -0.25) is 4.79 Å². The minimum Gasteiger partial charge on any atom is -0.394 e. The zero-order chi connectivity index (χ0) is 63.8. The minimum absolute atomic E-state index is 0.196. The largest absolute Gasteiger partial charge is 0.394 e. The Hall–Kier alpha value is -1.01. The average molecular weight is 1260 g/mol. The average Bonchev–Trinajstić information content (AvgIpc) is 2.02. The molecule has 12 unspecified atom stereocenters. The third-order valence-corrected chi connectivity index (χ3v) is 19.3. The second-order valence-corrected chi connectivity index (χ2v) is 27.5. The number of hydrogen-bond acceptors (Lipinski definition) is 13. The summed E-state index contributed by atoms with van der Waals surface area (Å²) in [6.45, 7) is 2.94. The fourth-order valence-corrected chi connectivity index (χ4v) is 13.2. The molecule has 14 heteroatoms. The molecule has 2 heterocycles. The Morgan fingerprint density at radius 1 is 0.364 bits per heavy atom. The van der Waals surface area contributed by atoms with E-state index in [0.29, 0.717) is 12.8 Å². The molecule has 14 nitrogen and oxygen atoms in total. The first-order chi connectivity index (χ1) is 43.1. The van der Waals surface area contributed by atoms with E-state index in [0.717, 1.165) is 51.4 Å². The molecule has 0 aliphatic carbocycles. The molecule has 12 atom stereocenters. The molecule has 2 fully saturated rings. The van der Waals surface area contributed by atoms with Crippen LogP contribution in [0.15, 0.2) is 0 Å². The molecule has 0 radical (unpaired) electrons. The maximum Gasteiger partial charge on any atom is 0.220 e. The molecule has 2 saturated heterocycles. The molecule has 0 bridgehead atoms. The summed E-state index contributed by atoms with van der Waals surface area (Å²) in [5, 5.41) is 87.8. The molecule has 2 aliphatic rings. The van der Waals surface area contributed by atoms with Crippen LogP contribution >= 0.6 is 0 Å². The van der Waals surface area contributed by atoms with Gasteiger partial charge < -0.3 is 65.1 Å². The van der Waals surface area contributed by atoms with E-state index in [2.05, 4.69) is 19.2 Å². The van der Waals surface area contributed by atoms with Gasteiger partial charge in [0.15, 0.2) is 12.6 Å². The summed E-state index contributed by atoms with van der Waals surface area (Å²) in [4.78, 5) is 13.4. The van der Waals surface area contributed by atoms with Gasteiger partial charge in [0, 0.05) is 6.42 Å². The molecule has 524 valence electrons. The van der Waals surface area contributed by atoms with E-state index in [-0.39, 0.29) is 12.5 Å². The van der Waals surface area contributed by atoms with E-state index in [4.69, 9.17) is 18.9 Å². The Morgan fingerprint density at radius 3 is 0.966 bits per heavy atom. The van der Waals surface area contributed by atoms with Gasteiger partial charge in [-0.15, -0.1) is 0 Å².